The Balaban J connectivity index is 2.28. The molecule has 2 atom stereocenters. The Morgan fingerprint density at radius 1 is 1.29 bits per heavy atom. The molecule has 2 unspecified atom stereocenters. The molecule has 0 fully saturated rings. The quantitative estimate of drug-likeness (QED) is 0.908. The van der Waals surface area contributed by atoms with E-state index in [1.54, 1.807) is 11.2 Å². The van der Waals surface area contributed by atoms with E-state index < -0.39 is 15.3 Å². The Kier molecular flexibility index (Phi) is 4.94. The molecule has 0 saturated carbocycles. The maximum Gasteiger partial charge on any atom is 0.239 e. The van der Waals surface area contributed by atoms with Gasteiger partial charge in [0.15, 0.2) is 0 Å². The second kappa shape index (κ2) is 6.36. The van der Waals surface area contributed by atoms with E-state index >= 15 is 0 Å². The minimum Gasteiger partial charge on any atom is -0.313 e. The average Bonchev–Trinajstić information content (AvgIpc) is 2.43. The number of benzene rings is 1. The Labute approximate surface area is 128 Å². The summed E-state index contributed by atoms with van der Waals surface area (Å²) in [7, 11) is -3.33. The SMILES string of the molecule is CC1Cc2ccccc2N(S(=O)(=O)C(C)CNC(C)C)C1. The lowest BCUT2D eigenvalue weighted by Crippen LogP contribution is -2.46. The van der Waals surface area contributed by atoms with Crippen LogP contribution >= 0.6 is 0 Å². The predicted octanol–water partition coefficient (Wildman–Crippen LogP) is 2.40. The van der Waals surface area contributed by atoms with E-state index in [0.29, 0.717) is 19.0 Å². The highest BCUT2D eigenvalue weighted by atomic mass is 32.2. The van der Waals surface area contributed by atoms with E-state index in [0.717, 1.165) is 17.7 Å². The van der Waals surface area contributed by atoms with Crippen LogP contribution in [-0.4, -0.2) is 32.8 Å². The molecular formula is C16H26N2O2S. The van der Waals surface area contributed by atoms with Gasteiger partial charge in [-0.2, -0.15) is 0 Å². The molecule has 1 heterocycles. The summed E-state index contributed by atoms with van der Waals surface area (Å²) in [5.74, 6) is 0.347. The molecule has 21 heavy (non-hydrogen) atoms. The second-order valence-electron chi connectivity index (χ2n) is 6.39. The van der Waals surface area contributed by atoms with Crippen LogP contribution in [0.15, 0.2) is 24.3 Å². The minimum absolute atomic E-state index is 0.287. The van der Waals surface area contributed by atoms with Crippen molar-refractivity contribution in [2.45, 2.75) is 45.4 Å². The average molecular weight is 310 g/mol. The summed E-state index contributed by atoms with van der Waals surface area (Å²) in [4.78, 5) is 0. The van der Waals surface area contributed by atoms with Crippen LogP contribution < -0.4 is 9.62 Å². The monoisotopic (exact) mass is 310 g/mol. The molecule has 0 aliphatic carbocycles. The van der Waals surface area contributed by atoms with Gasteiger partial charge in [-0.3, -0.25) is 4.31 Å². The highest BCUT2D eigenvalue weighted by Crippen LogP contribution is 2.32. The molecule has 1 aromatic rings. The fraction of sp³-hybridized carbons (Fsp3) is 0.625. The molecule has 0 saturated heterocycles. The highest BCUT2D eigenvalue weighted by Gasteiger charge is 2.33. The van der Waals surface area contributed by atoms with Crippen LogP contribution in [0.5, 0.6) is 0 Å². The number of sulfonamides is 1. The van der Waals surface area contributed by atoms with Gasteiger partial charge >= 0.3 is 0 Å². The van der Waals surface area contributed by atoms with Crippen molar-refractivity contribution < 1.29 is 8.42 Å². The molecule has 4 nitrogen and oxygen atoms in total. The maximum atomic E-state index is 12.9. The van der Waals surface area contributed by atoms with E-state index in [1.165, 1.54) is 0 Å². The fourth-order valence-electron chi connectivity index (χ4n) is 2.71. The molecule has 0 amide bonds. The van der Waals surface area contributed by atoms with Crippen LogP contribution in [0.3, 0.4) is 0 Å². The van der Waals surface area contributed by atoms with E-state index in [-0.39, 0.29) is 6.04 Å². The normalized spacial score (nSPS) is 20.4. The summed E-state index contributed by atoms with van der Waals surface area (Å²) in [5, 5.41) is 2.79. The first-order valence-electron chi connectivity index (χ1n) is 7.65. The largest absolute Gasteiger partial charge is 0.313 e. The number of anilines is 1. The van der Waals surface area contributed by atoms with Crippen molar-refractivity contribution >= 4 is 15.7 Å². The van der Waals surface area contributed by atoms with E-state index in [2.05, 4.69) is 12.2 Å². The second-order valence-corrected chi connectivity index (χ2v) is 8.66. The summed E-state index contributed by atoms with van der Waals surface area (Å²) in [5.41, 5.74) is 1.98. The van der Waals surface area contributed by atoms with Gasteiger partial charge in [0.05, 0.1) is 10.9 Å². The maximum absolute atomic E-state index is 12.9. The Bertz CT molecular complexity index is 584. The molecule has 0 radical (unpaired) electrons. The topological polar surface area (TPSA) is 49.4 Å². The molecule has 118 valence electrons. The lowest BCUT2D eigenvalue weighted by atomic mass is 9.96. The molecule has 1 aliphatic rings. The molecule has 0 bridgehead atoms. The number of nitrogens with zero attached hydrogens (tertiary/aromatic N) is 1. The molecule has 0 spiro atoms. The standard InChI is InChI=1S/C16H26N2O2S/c1-12(2)17-10-14(4)21(19,20)18-11-13(3)9-15-7-5-6-8-16(15)18/h5-8,12-14,17H,9-11H2,1-4H3. The van der Waals surface area contributed by atoms with Gasteiger partial charge < -0.3 is 5.32 Å². The minimum atomic E-state index is -3.33. The van der Waals surface area contributed by atoms with Crippen LogP contribution in [0.2, 0.25) is 0 Å². The van der Waals surface area contributed by atoms with Gasteiger partial charge in [0, 0.05) is 19.1 Å². The van der Waals surface area contributed by atoms with E-state index in [1.807, 2.05) is 38.1 Å². The smallest absolute Gasteiger partial charge is 0.239 e. The van der Waals surface area contributed by atoms with Crippen LogP contribution in [0.25, 0.3) is 0 Å². The van der Waals surface area contributed by atoms with Gasteiger partial charge in [-0.15, -0.1) is 0 Å². The zero-order valence-corrected chi connectivity index (χ0v) is 14.2. The lowest BCUT2D eigenvalue weighted by molar-refractivity contribution is 0.525. The van der Waals surface area contributed by atoms with Crippen LogP contribution in [0.1, 0.15) is 33.3 Å². The summed E-state index contributed by atoms with van der Waals surface area (Å²) in [6.07, 6.45) is 0.945. The van der Waals surface area contributed by atoms with Crippen molar-refractivity contribution in [2.24, 2.45) is 5.92 Å². The summed E-state index contributed by atoms with van der Waals surface area (Å²) < 4.78 is 27.4. The van der Waals surface area contributed by atoms with Gasteiger partial charge in [0.2, 0.25) is 10.0 Å². The Morgan fingerprint density at radius 3 is 2.62 bits per heavy atom. The van der Waals surface area contributed by atoms with Crippen molar-refractivity contribution in [3.63, 3.8) is 0 Å². The molecular weight excluding hydrogens is 284 g/mol. The van der Waals surface area contributed by atoms with Crippen molar-refractivity contribution in [1.82, 2.24) is 5.32 Å². The number of hydrogen-bond donors (Lipinski definition) is 1. The first-order valence-corrected chi connectivity index (χ1v) is 9.15. The Hall–Kier alpha value is -1.07. The lowest BCUT2D eigenvalue weighted by Gasteiger charge is -2.35. The zero-order valence-electron chi connectivity index (χ0n) is 13.3. The van der Waals surface area contributed by atoms with Gasteiger partial charge in [-0.25, -0.2) is 8.42 Å². The van der Waals surface area contributed by atoms with Crippen molar-refractivity contribution in [3.05, 3.63) is 29.8 Å². The third kappa shape index (κ3) is 3.58. The van der Waals surface area contributed by atoms with Gasteiger partial charge in [-0.05, 0) is 30.9 Å². The number of hydrogen-bond acceptors (Lipinski definition) is 3. The first kappa shape index (κ1) is 16.3. The number of rotatable bonds is 5. The first-order chi connectivity index (χ1) is 9.82. The Morgan fingerprint density at radius 2 is 1.95 bits per heavy atom. The van der Waals surface area contributed by atoms with Crippen molar-refractivity contribution in [1.29, 1.82) is 0 Å². The predicted molar refractivity (Wildman–Crippen MR) is 88.2 cm³/mol. The molecule has 0 aromatic heterocycles. The van der Waals surface area contributed by atoms with Crippen LogP contribution in [0, 0.1) is 5.92 Å². The number of fused-ring (bicyclic) bond motifs is 1. The number of para-hydroxylation sites is 1. The van der Waals surface area contributed by atoms with Gasteiger partial charge in [0.1, 0.15) is 0 Å². The van der Waals surface area contributed by atoms with Gasteiger partial charge in [0.25, 0.3) is 0 Å². The van der Waals surface area contributed by atoms with Crippen molar-refractivity contribution in [2.75, 3.05) is 17.4 Å². The fourth-order valence-corrected chi connectivity index (χ4v) is 4.37. The summed E-state index contributed by atoms with van der Waals surface area (Å²) >= 11 is 0. The zero-order chi connectivity index (χ0) is 15.6. The molecule has 1 aromatic carbocycles. The van der Waals surface area contributed by atoms with E-state index in [9.17, 15) is 8.42 Å². The summed E-state index contributed by atoms with van der Waals surface area (Å²) in [6, 6.07) is 8.13. The van der Waals surface area contributed by atoms with Crippen molar-refractivity contribution in [3.8, 4) is 0 Å². The highest BCUT2D eigenvalue weighted by molar-refractivity contribution is 7.93. The molecule has 5 heteroatoms. The third-order valence-corrected chi connectivity index (χ3v) is 6.08. The van der Waals surface area contributed by atoms with Crippen LogP contribution in [0.4, 0.5) is 5.69 Å². The third-order valence-electron chi connectivity index (χ3n) is 3.94. The van der Waals surface area contributed by atoms with Gasteiger partial charge in [-0.1, -0.05) is 39.0 Å². The molecule has 1 N–H and O–H groups in total. The molecule has 2 rings (SSSR count). The van der Waals surface area contributed by atoms with Crippen LogP contribution in [-0.2, 0) is 16.4 Å². The summed E-state index contributed by atoms with van der Waals surface area (Å²) in [6.45, 7) is 9.00. The molecule has 1 aliphatic heterocycles. The van der Waals surface area contributed by atoms with E-state index in [4.69, 9.17) is 0 Å². The number of nitrogens with one attached hydrogen (secondary N) is 1.